The van der Waals surface area contributed by atoms with Gasteiger partial charge in [-0.05, 0) is 67.6 Å². The predicted molar refractivity (Wildman–Crippen MR) is 174 cm³/mol. The van der Waals surface area contributed by atoms with Crippen molar-refractivity contribution in [2.45, 2.75) is 25.3 Å². The van der Waals surface area contributed by atoms with Gasteiger partial charge in [-0.3, -0.25) is 4.79 Å². The second kappa shape index (κ2) is 12.0. The van der Waals surface area contributed by atoms with Crippen LogP contribution in [0.4, 0.5) is 11.5 Å². The van der Waals surface area contributed by atoms with E-state index in [1.165, 1.54) is 0 Å². The standard InChI is InChI=1S/C33H36N6O2S/c1-38-27-9-4-3-7-22(27)17-28(38)33(40)37-26-11-10-21(18-29(26)41-2)25-20-42-31-23(19-36-32(35)30(25)31)8-5-6-14-39-15-12-24(34)13-16-39/h3-5,7-11,17-20,24H,6,12-16,34H2,1-2H3,(H2,35,36)(H,37,40). The molecule has 1 aliphatic rings. The number of carbonyl (C=O) groups is 1. The van der Waals surface area contributed by atoms with E-state index in [1.807, 2.05) is 66.3 Å². The number of aromatic nitrogens is 2. The quantitative estimate of drug-likeness (QED) is 0.204. The molecule has 5 aromatic rings. The highest BCUT2D eigenvalue weighted by Crippen LogP contribution is 2.41. The molecule has 2 aromatic carbocycles. The maximum atomic E-state index is 13.2. The molecule has 42 heavy (non-hydrogen) atoms. The number of para-hydroxylation sites is 1. The Bertz CT molecular complexity index is 1780. The monoisotopic (exact) mass is 580 g/mol. The molecule has 0 unspecified atom stereocenters. The molecule has 9 heteroatoms. The zero-order valence-corrected chi connectivity index (χ0v) is 24.8. The number of nitrogens with two attached hydrogens (primary N) is 2. The third kappa shape index (κ3) is 5.51. The summed E-state index contributed by atoms with van der Waals surface area (Å²) in [5.41, 5.74) is 17.6. The van der Waals surface area contributed by atoms with Crippen LogP contribution in [0.5, 0.6) is 5.75 Å². The number of rotatable bonds is 8. The molecule has 0 atom stereocenters. The van der Waals surface area contributed by atoms with Crippen LogP contribution in [-0.4, -0.2) is 53.1 Å². The molecule has 0 aliphatic carbocycles. The number of pyridine rings is 1. The number of hydrogen-bond acceptors (Lipinski definition) is 7. The summed E-state index contributed by atoms with van der Waals surface area (Å²) in [6.07, 6.45) is 9.34. The Hall–Kier alpha value is -4.18. The fraction of sp³-hybridized carbons (Fsp3) is 0.273. The number of anilines is 2. The molecule has 0 bridgehead atoms. The molecular formula is C33H36N6O2S. The van der Waals surface area contributed by atoms with Gasteiger partial charge in [0.05, 0.1) is 12.8 Å². The Morgan fingerprint density at radius 3 is 2.79 bits per heavy atom. The number of benzene rings is 2. The third-order valence-corrected chi connectivity index (χ3v) is 9.17. The molecule has 0 spiro atoms. The number of thiophene rings is 1. The first-order valence-electron chi connectivity index (χ1n) is 14.3. The van der Waals surface area contributed by atoms with E-state index >= 15 is 0 Å². The molecule has 0 saturated carbocycles. The molecule has 6 rings (SSSR count). The highest BCUT2D eigenvalue weighted by molar-refractivity contribution is 7.18. The summed E-state index contributed by atoms with van der Waals surface area (Å²) in [6.45, 7) is 3.19. The van der Waals surface area contributed by atoms with Crippen molar-refractivity contribution in [3.8, 4) is 16.9 Å². The SMILES string of the molecule is COc1cc(-c2csc3c(C=CCCN4CCC(N)CC4)cnc(N)c23)ccc1NC(=O)c1cc2ccccc2n1C. The average molecular weight is 581 g/mol. The van der Waals surface area contributed by atoms with Crippen molar-refractivity contribution in [1.82, 2.24) is 14.5 Å². The number of aryl methyl sites for hydroxylation is 1. The van der Waals surface area contributed by atoms with Crippen molar-refractivity contribution >= 4 is 55.8 Å². The first-order chi connectivity index (χ1) is 20.4. The van der Waals surface area contributed by atoms with Crippen molar-refractivity contribution in [2.75, 3.05) is 37.8 Å². The lowest BCUT2D eigenvalue weighted by molar-refractivity contribution is 0.101. The average Bonchev–Trinajstić information content (AvgIpc) is 3.60. The van der Waals surface area contributed by atoms with Gasteiger partial charge >= 0.3 is 0 Å². The number of amides is 1. The lowest BCUT2D eigenvalue weighted by Crippen LogP contribution is -2.39. The Labute approximate surface area is 249 Å². The molecule has 3 aromatic heterocycles. The van der Waals surface area contributed by atoms with Gasteiger partial charge in [-0.2, -0.15) is 0 Å². The summed E-state index contributed by atoms with van der Waals surface area (Å²) in [6, 6.07) is 16.0. The Balaban J connectivity index is 1.22. The van der Waals surface area contributed by atoms with Crippen LogP contribution >= 0.6 is 11.3 Å². The number of fused-ring (bicyclic) bond motifs is 2. The van der Waals surface area contributed by atoms with E-state index in [-0.39, 0.29) is 5.91 Å². The number of nitrogen functional groups attached to an aromatic ring is 1. The van der Waals surface area contributed by atoms with Gasteiger partial charge < -0.3 is 31.0 Å². The van der Waals surface area contributed by atoms with E-state index in [1.54, 1.807) is 18.4 Å². The molecule has 5 N–H and O–H groups in total. The number of nitrogens with one attached hydrogen (secondary N) is 1. The number of piperidine rings is 1. The maximum Gasteiger partial charge on any atom is 0.272 e. The van der Waals surface area contributed by atoms with Crippen LogP contribution in [0.2, 0.25) is 0 Å². The molecular weight excluding hydrogens is 544 g/mol. The lowest BCUT2D eigenvalue weighted by atomic mass is 10.0. The lowest BCUT2D eigenvalue weighted by Gasteiger charge is -2.29. The minimum atomic E-state index is -0.200. The Morgan fingerprint density at radius 1 is 1.19 bits per heavy atom. The number of likely N-dealkylation sites (tertiary alicyclic amines) is 1. The van der Waals surface area contributed by atoms with E-state index in [9.17, 15) is 4.79 Å². The van der Waals surface area contributed by atoms with E-state index in [0.29, 0.717) is 29.0 Å². The van der Waals surface area contributed by atoms with E-state index in [0.717, 1.165) is 76.6 Å². The molecule has 4 heterocycles. The predicted octanol–water partition coefficient (Wildman–Crippen LogP) is 6.12. The van der Waals surface area contributed by atoms with Gasteiger partial charge in [0, 0.05) is 57.9 Å². The fourth-order valence-electron chi connectivity index (χ4n) is 5.72. The Morgan fingerprint density at radius 2 is 2.00 bits per heavy atom. The smallest absolute Gasteiger partial charge is 0.272 e. The summed E-state index contributed by atoms with van der Waals surface area (Å²) in [5, 5.41) is 7.09. The first-order valence-corrected chi connectivity index (χ1v) is 15.1. The molecule has 8 nitrogen and oxygen atoms in total. The minimum absolute atomic E-state index is 0.200. The molecule has 0 radical (unpaired) electrons. The van der Waals surface area contributed by atoms with Crippen molar-refractivity contribution in [1.29, 1.82) is 0 Å². The van der Waals surface area contributed by atoms with Gasteiger partial charge in [0.15, 0.2) is 0 Å². The molecule has 1 aliphatic heterocycles. The zero-order chi connectivity index (χ0) is 29.2. The van der Waals surface area contributed by atoms with Crippen LogP contribution in [-0.2, 0) is 7.05 Å². The van der Waals surface area contributed by atoms with E-state index in [2.05, 4.69) is 32.7 Å². The minimum Gasteiger partial charge on any atom is -0.495 e. The largest absolute Gasteiger partial charge is 0.495 e. The van der Waals surface area contributed by atoms with Crippen molar-refractivity contribution < 1.29 is 9.53 Å². The summed E-state index contributed by atoms with van der Waals surface area (Å²) < 4.78 is 8.71. The number of ether oxygens (including phenoxy) is 1. The first kappa shape index (κ1) is 28.0. The van der Waals surface area contributed by atoms with Gasteiger partial charge in [-0.25, -0.2) is 4.98 Å². The molecule has 1 saturated heterocycles. The number of carbonyl (C=O) groups excluding carboxylic acids is 1. The second-order valence-electron chi connectivity index (χ2n) is 10.8. The zero-order valence-electron chi connectivity index (χ0n) is 24.0. The van der Waals surface area contributed by atoms with Crippen LogP contribution in [0.15, 0.2) is 66.2 Å². The van der Waals surface area contributed by atoms with Gasteiger partial charge in [-0.1, -0.05) is 36.4 Å². The van der Waals surface area contributed by atoms with Crippen LogP contribution in [0.25, 0.3) is 38.2 Å². The molecule has 216 valence electrons. The summed E-state index contributed by atoms with van der Waals surface area (Å²) >= 11 is 1.66. The van der Waals surface area contributed by atoms with Crippen molar-refractivity contribution in [3.63, 3.8) is 0 Å². The Kier molecular flexibility index (Phi) is 7.97. The van der Waals surface area contributed by atoms with Gasteiger partial charge in [-0.15, -0.1) is 11.3 Å². The van der Waals surface area contributed by atoms with Crippen molar-refractivity contribution in [3.05, 3.63) is 77.4 Å². The summed E-state index contributed by atoms with van der Waals surface area (Å²) in [5.74, 6) is 0.866. The van der Waals surface area contributed by atoms with Crippen molar-refractivity contribution in [2.24, 2.45) is 12.8 Å². The number of hydrogen-bond donors (Lipinski definition) is 3. The van der Waals surface area contributed by atoms with Crippen LogP contribution in [0, 0.1) is 0 Å². The number of nitrogens with zero attached hydrogens (tertiary/aromatic N) is 3. The van der Waals surface area contributed by atoms with Gasteiger partial charge in [0.1, 0.15) is 17.3 Å². The third-order valence-electron chi connectivity index (χ3n) is 8.14. The fourth-order valence-corrected chi connectivity index (χ4v) is 6.80. The maximum absolute atomic E-state index is 13.2. The van der Waals surface area contributed by atoms with E-state index in [4.69, 9.17) is 16.2 Å². The second-order valence-corrected chi connectivity index (χ2v) is 11.7. The summed E-state index contributed by atoms with van der Waals surface area (Å²) in [7, 11) is 3.50. The highest BCUT2D eigenvalue weighted by atomic mass is 32.1. The van der Waals surface area contributed by atoms with Crippen LogP contribution < -0.4 is 21.5 Å². The highest BCUT2D eigenvalue weighted by Gasteiger charge is 2.18. The number of methoxy groups -OCH3 is 1. The molecule has 1 amide bonds. The molecule has 1 fully saturated rings. The normalized spacial score (nSPS) is 14.7. The van der Waals surface area contributed by atoms with Crippen LogP contribution in [0.3, 0.4) is 0 Å². The van der Waals surface area contributed by atoms with E-state index < -0.39 is 0 Å². The topological polar surface area (TPSA) is 111 Å². The van der Waals surface area contributed by atoms with Gasteiger partial charge in [0.2, 0.25) is 0 Å². The summed E-state index contributed by atoms with van der Waals surface area (Å²) in [4.78, 5) is 20.2. The van der Waals surface area contributed by atoms with Gasteiger partial charge in [0.25, 0.3) is 5.91 Å². The van der Waals surface area contributed by atoms with Crippen LogP contribution in [0.1, 0.15) is 35.3 Å².